The summed E-state index contributed by atoms with van der Waals surface area (Å²) in [5.74, 6) is 0.167. The number of nitrogens with zero attached hydrogens (tertiary/aromatic N) is 1. The average molecular weight is 306 g/mol. The summed E-state index contributed by atoms with van der Waals surface area (Å²) in [6.07, 6.45) is 0. The summed E-state index contributed by atoms with van der Waals surface area (Å²) < 4.78 is 19.2. The van der Waals surface area contributed by atoms with Crippen molar-refractivity contribution >= 4 is 15.9 Å². The lowest BCUT2D eigenvalue weighted by Gasteiger charge is -2.09. The first-order valence-corrected chi connectivity index (χ1v) is 6.06. The van der Waals surface area contributed by atoms with Crippen molar-refractivity contribution in [3.05, 3.63) is 63.9 Å². The summed E-state index contributed by atoms with van der Waals surface area (Å²) in [4.78, 5) is 0. The van der Waals surface area contributed by atoms with Crippen LogP contribution in [0.3, 0.4) is 0 Å². The highest BCUT2D eigenvalue weighted by molar-refractivity contribution is 9.10. The Hall–Kier alpha value is -1.86. The standard InChI is InChI=1S/C14H9BrFNO/c15-14-11(5-3-6-12(14)16)9-18-13-7-2-1-4-10(13)8-17/h1-7H,9H2. The lowest BCUT2D eigenvalue weighted by atomic mass is 10.2. The zero-order valence-corrected chi connectivity index (χ0v) is 10.9. The molecule has 0 aliphatic carbocycles. The van der Waals surface area contributed by atoms with Crippen molar-refractivity contribution in [3.63, 3.8) is 0 Å². The van der Waals surface area contributed by atoms with Crippen molar-refractivity contribution in [2.75, 3.05) is 0 Å². The van der Waals surface area contributed by atoms with Crippen LogP contribution < -0.4 is 4.74 Å². The summed E-state index contributed by atoms with van der Waals surface area (Å²) in [6.45, 7) is 0.205. The average Bonchev–Trinajstić information content (AvgIpc) is 2.41. The number of hydrogen-bond donors (Lipinski definition) is 0. The van der Waals surface area contributed by atoms with Crippen molar-refractivity contribution in [3.8, 4) is 11.8 Å². The molecule has 0 amide bonds. The molecule has 90 valence electrons. The van der Waals surface area contributed by atoms with E-state index in [1.165, 1.54) is 6.07 Å². The Kier molecular flexibility index (Phi) is 3.96. The third-order valence-corrected chi connectivity index (χ3v) is 3.31. The molecule has 0 aromatic heterocycles. The Bertz CT molecular complexity index is 607. The highest BCUT2D eigenvalue weighted by Crippen LogP contribution is 2.23. The molecule has 0 heterocycles. The normalized spacial score (nSPS) is 9.83. The first-order chi connectivity index (χ1) is 8.72. The molecule has 0 unspecified atom stereocenters. The van der Waals surface area contributed by atoms with Gasteiger partial charge in [-0.25, -0.2) is 4.39 Å². The van der Waals surface area contributed by atoms with Crippen molar-refractivity contribution in [2.24, 2.45) is 0 Å². The zero-order valence-electron chi connectivity index (χ0n) is 9.36. The zero-order chi connectivity index (χ0) is 13.0. The van der Waals surface area contributed by atoms with E-state index < -0.39 is 0 Å². The minimum atomic E-state index is -0.329. The maximum absolute atomic E-state index is 13.3. The molecular weight excluding hydrogens is 297 g/mol. The van der Waals surface area contributed by atoms with Gasteiger partial charge in [-0.05, 0) is 34.1 Å². The Labute approximate surface area is 113 Å². The first kappa shape index (κ1) is 12.6. The van der Waals surface area contributed by atoms with Gasteiger partial charge in [-0.1, -0.05) is 24.3 Å². The molecular formula is C14H9BrFNO. The monoisotopic (exact) mass is 305 g/mol. The largest absolute Gasteiger partial charge is 0.487 e. The quantitative estimate of drug-likeness (QED) is 0.857. The van der Waals surface area contributed by atoms with E-state index >= 15 is 0 Å². The van der Waals surface area contributed by atoms with Crippen LogP contribution in [0.5, 0.6) is 5.75 Å². The van der Waals surface area contributed by atoms with Gasteiger partial charge >= 0.3 is 0 Å². The van der Waals surface area contributed by atoms with Crippen LogP contribution in [0.4, 0.5) is 4.39 Å². The van der Waals surface area contributed by atoms with Crippen LogP contribution in [0.25, 0.3) is 0 Å². The van der Waals surface area contributed by atoms with E-state index in [-0.39, 0.29) is 12.4 Å². The Morgan fingerprint density at radius 3 is 2.72 bits per heavy atom. The Morgan fingerprint density at radius 2 is 1.94 bits per heavy atom. The molecule has 2 aromatic rings. The van der Waals surface area contributed by atoms with Gasteiger partial charge in [0.15, 0.2) is 0 Å². The number of ether oxygens (including phenoxy) is 1. The minimum Gasteiger partial charge on any atom is -0.487 e. The molecule has 0 atom stereocenters. The van der Waals surface area contributed by atoms with Crippen LogP contribution in [-0.2, 0) is 6.61 Å². The second-order valence-corrected chi connectivity index (χ2v) is 4.40. The molecule has 4 heteroatoms. The highest BCUT2D eigenvalue weighted by atomic mass is 79.9. The Balaban J connectivity index is 2.17. The maximum Gasteiger partial charge on any atom is 0.137 e. The first-order valence-electron chi connectivity index (χ1n) is 5.27. The van der Waals surface area contributed by atoms with Gasteiger partial charge in [-0.2, -0.15) is 5.26 Å². The topological polar surface area (TPSA) is 33.0 Å². The van der Waals surface area contributed by atoms with E-state index in [4.69, 9.17) is 10.00 Å². The van der Waals surface area contributed by atoms with Gasteiger partial charge in [0.25, 0.3) is 0 Å². The van der Waals surface area contributed by atoms with Crippen LogP contribution in [0.15, 0.2) is 46.9 Å². The molecule has 0 aliphatic heterocycles. The predicted molar refractivity (Wildman–Crippen MR) is 69.6 cm³/mol. The maximum atomic E-state index is 13.3. The third kappa shape index (κ3) is 2.69. The van der Waals surface area contributed by atoms with Crippen LogP contribution in [-0.4, -0.2) is 0 Å². The van der Waals surface area contributed by atoms with Gasteiger partial charge in [0.2, 0.25) is 0 Å². The fourth-order valence-corrected chi connectivity index (χ4v) is 1.88. The van der Waals surface area contributed by atoms with Crippen molar-refractivity contribution in [1.29, 1.82) is 5.26 Å². The molecule has 18 heavy (non-hydrogen) atoms. The third-order valence-electron chi connectivity index (χ3n) is 2.42. The number of nitriles is 1. The fourth-order valence-electron chi connectivity index (χ4n) is 1.50. The molecule has 0 radical (unpaired) electrons. The van der Waals surface area contributed by atoms with Crippen molar-refractivity contribution in [2.45, 2.75) is 6.61 Å². The second kappa shape index (κ2) is 5.65. The molecule has 0 bridgehead atoms. The Morgan fingerprint density at radius 1 is 1.17 bits per heavy atom. The van der Waals surface area contributed by atoms with Gasteiger partial charge in [0.05, 0.1) is 10.0 Å². The molecule has 2 aromatic carbocycles. The van der Waals surface area contributed by atoms with Crippen LogP contribution in [0, 0.1) is 17.1 Å². The smallest absolute Gasteiger partial charge is 0.137 e. The van der Waals surface area contributed by atoms with Gasteiger partial charge < -0.3 is 4.74 Å². The molecule has 0 aliphatic rings. The van der Waals surface area contributed by atoms with E-state index in [9.17, 15) is 4.39 Å². The van der Waals surface area contributed by atoms with Crippen LogP contribution in [0.1, 0.15) is 11.1 Å². The summed E-state index contributed by atoms with van der Waals surface area (Å²) in [5.41, 5.74) is 1.16. The summed E-state index contributed by atoms with van der Waals surface area (Å²) in [5, 5.41) is 8.92. The van der Waals surface area contributed by atoms with E-state index in [0.29, 0.717) is 21.3 Å². The van der Waals surface area contributed by atoms with Crippen molar-refractivity contribution < 1.29 is 9.13 Å². The van der Waals surface area contributed by atoms with E-state index in [1.54, 1.807) is 36.4 Å². The molecule has 0 fully saturated rings. The summed E-state index contributed by atoms with van der Waals surface area (Å²) in [7, 11) is 0. The van der Waals surface area contributed by atoms with E-state index in [1.807, 2.05) is 6.07 Å². The number of para-hydroxylation sites is 1. The summed E-state index contributed by atoms with van der Waals surface area (Å²) >= 11 is 3.17. The highest BCUT2D eigenvalue weighted by Gasteiger charge is 2.07. The van der Waals surface area contributed by atoms with Gasteiger partial charge in [-0.15, -0.1) is 0 Å². The van der Waals surface area contributed by atoms with Gasteiger partial charge in [0, 0.05) is 5.56 Å². The second-order valence-electron chi connectivity index (χ2n) is 3.61. The van der Waals surface area contributed by atoms with Gasteiger partial charge in [0.1, 0.15) is 24.2 Å². The molecule has 0 N–H and O–H groups in total. The lowest BCUT2D eigenvalue weighted by molar-refractivity contribution is 0.304. The van der Waals surface area contributed by atoms with E-state index in [0.717, 1.165) is 0 Å². The number of halogens is 2. The molecule has 0 spiro atoms. The minimum absolute atomic E-state index is 0.205. The van der Waals surface area contributed by atoms with E-state index in [2.05, 4.69) is 15.9 Å². The van der Waals surface area contributed by atoms with Gasteiger partial charge in [-0.3, -0.25) is 0 Å². The SMILES string of the molecule is N#Cc1ccccc1OCc1cccc(F)c1Br. The molecule has 2 rings (SSSR count). The molecule has 0 saturated heterocycles. The van der Waals surface area contributed by atoms with Crippen LogP contribution >= 0.6 is 15.9 Å². The summed E-state index contributed by atoms with van der Waals surface area (Å²) in [6, 6.07) is 13.8. The number of hydrogen-bond acceptors (Lipinski definition) is 2. The molecule has 2 nitrogen and oxygen atoms in total. The number of rotatable bonds is 3. The van der Waals surface area contributed by atoms with Crippen LogP contribution in [0.2, 0.25) is 0 Å². The fraction of sp³-hybridized carbons (Fsp3) is 0.0714. The predicted octanol–water partition coefficient (Wildman–Crippen LogP) is 4.04. The molecule has 0 saturated carbocycles. The lowest BCUT2D eigenvalue weighted by Crippen LogP contribution is -1.99. The number of benzene rings is 2. The van der Waals surface area contributed by atoms with Crippen molar-refractivity contribution in [1.82, 2.24) is 0 Å².